The van der Waals surface area contributed by atoms with Crippen molar-refractivity contribution in [2.24, 2.45) is 0 Å². The van der Waals surface area contributed by atoms with Crippen LogP contribution < -0.4 is 5.32 Å². The van der Waals surface area contributed by atoms with Gasteiger partial charge in [0.15, 0.2) is 11.9 Å². The maximum Gasteiger partial charge on any atom is 0.307 e. The van der Waals surface area contributed by atoms with Gasteiger partial charge in [-0.1, -0.05) is 17.7 Å². The van der Waals surface area contributed by atoms with Crippen molar-refractivity contribution in [3.8, 4) is 0 Å². The lowest BCUT2D eigenvalue weighted by Crippen LogP contribution is -2.30. The van der Waals surface area contributed by atoms with E-state index in [0.717, 1.165) is 0 Å². The lowest BCUT2D eigenvalue weighted by atomic mass is 10.2. The first kappa shape index (κ1) is 18.1. The van der Waals surface area contributed by atoms with Crippen molar-refractivity contribution in [2.45, 2.75) is 25.9 Å². The summed E-state index contributed by atoms with van der Waals surface area (Å²) in [5.41, 5.74) is 0. The molecule has 8 heteroatoms. The summed E-state index contributed by atoms with van der Waals surface area (Å²) in [6, 6.07) is 6.59. The molecule has 0 aromatic carbocycles. The first-order chi connectivity index (χ1) is 11.5. The van der Waals surface area contributed by atoms with Crippen molar-refractivity contribution in [1.29, 1.82) is 0 Å². The number of anilines is 1. The lowest BCUT2D eigenvalue weighted by Gasteiger charge is -2.13. The molecule has 0 bridgehead atoms. The number of amides is 1. The zero-order valence-electron chi connectivity index (χ0n) is 12.8. The third-order valence-electron chi connectivity index (χ3n) is 3.01. The summed E-state index contributed by atoms with van der Waals surface area (Å²) in [6.07, 6.45) is 0.371. The Hall–Kier alpha value is -2.25. The van der Waals surface area contributed by atoms with Gasteiger partial charge < -0.3 is 10.1 Å². The Balaban J connectivity index is 1.77. The van der Waals surface area contributed by atoms with Gasteiger partial charge in [-0.15, -0.1) is 11.3 Å². The van der Waals surface area contributed by atoms with Gasteiger partial charge in [-0.25, -0.2) is 4.98 Å². The Morgan fingerprint density at radius 1 is 1.29 bits per heavy atom. The van der Waals surface area contributed by atoms with E-state index in [4.69, 9.17) is 16.3 Å². The number of aromatic nitrogens is 1. The van der Waals surface area contributed by atoms with Gasteiger partial charge in [-0.2, -0.15) is 0 Å². The van der Waals surface area contributed by atoms with E-state index in [1.165, 1.54) is 30.5 Å². The topological polar surface area (TPSA) is 85.4 Å². The van der Waals surface area contributed by atoms with Gasteiger partial charge in [0.25, 0.3) is 5.91 Å². The molecule has 24 heavy (non-hydrogen) atoms. The molecule has 2 aromatic rings. The second kappa shape index (κ2) is 8.56. The minimum absolute atomic E-state index is 0.0480. The van der Waals surface area contributed by atoms with Crippen LogP contribution >= 0.6 is 22.9 Å². The van der Waals surface area contributed by atoms with Crippen LogP contribution in [0.4, 0.5) is 5.82 Å². The fourth-order valence-corrected chi connectivity index (χ4v) is 2.57. The number of Topliss-reactive ketones (excluding diaryl/α,β-unsaturated/α-hetero) is 1. The van der Waals surface area contributed by atoms with E-state index in [1.807, 2.05) is 0 Å². The van der Waals surface area contributed by atoms with Crippen LogP contribution in [0.25, 0.3) is 0 Å². The summed E-state index contributed by atoms with van der Waals surface area (Å²) in [7, 11) is 0. The number of nitrogens with one attached hydrogen (secondary N) is 1. The number of ketones is 1. The van der Waals surface area contributed by atoms with Crippen molar-refractivity contribution in [3.05, 3.63) is 45.7 Å². The molecule has 0 aliphatic carbocycles. The Kier molecular flexibility index (Phi) is 6.45. The maximum absolute atomic E-state index is 11.9. The van der Waals surface area contributed by atoms with E-state index in [-0.39, 0.29) is 18.6 Å². The Morgan fingerprint density at radius 3 is 2.71 bits per heavy atom. The quantitative estimate of drug-likeness (QED) is 0.600. The van der Waals surface area contributed by atoms with Crippen LogP contribution in [0.5, 0.6) is 0 Å². The number of nitrogens with zero attached hydrogens (tertiary/aromatic N) is 1. The first-order valence-corrected chi connectivity index (χ1v) is 8.40. The molecule has 0 saturated carbocycles. The molecule has 2 aromatic heterocycles. The molecule has 1 N–H and O–H groups in total. The number of hydrogen-bond acceptors (Lipinski definition) is 6. The zero-order valence-corrected chi connectivity index (χ0v) is 14.4. The van der Waals surface area contributed by atoms with Crippen LogP contribution in [0.3, 0.4) is 0 Å². The lowest BCUT2D eigenvalue weighted by molar-refractivity contribution is -0.153. The summed E-state index contributed by atoms with van der Waals surface area (Å²) >= 11 is 7.03. The minimum atomic E-state index is -0.994. The Morgan fingerprint density at radius 2 is 2.08 bits per heavy atom. The number of esters is 1. The maximum atomic E-state index is 11.9. The van der Waals surface area contributed by atoms with Crippen molar-refractivity contribution in [1.82, 2.24) is 4.98 Å². The summed E-state index contributed by atoms with van der Waals surface area (Å²) in [5, 5.41) is 4.75. The van der Waals surface area contributed by atoms with Gasteiger partial charge in [0.2, 0.25) is 0 Å². The predicted molar refractivity (Wildman–Crippen MR) is 91.3 cm³/mol. The number of halogens is 1. The number of rotatable bonds is 7. The highest BCUT2D eigenvalue weighted by atomic mass is 35.5. The molecule has 2 heterocycles. The first-order valence-electron chi connectivity index (χ1n) is 7.14. The van der Waals surface area contributed by atoms with Gasteiger partial charge >= 0.3 is 5.97 Å². The number of ether oxygens (including phenoxy) is 1. The van der Waals surface area contributed by atoms with Crippen molar-refractivity contribution in [3.63, 3.8) is 0 Å². The molecule has 0 unspecified atom stereocenters. The summed E-state index contributed by atoms with van der Waals surface area (Å²) in [6.45, 7) is 1.45. The fourth-order valence-electron chi connectivity index (χ4n) is 1.76. The van der Waals surface area contributed by atoms with E-state index >= 15 is 0 Å². The number of hydrogen-bond donors (Lipinski definition) is 1. The molecule has 0 aliphatic rings. The summed E-state index contributed by atoms with van der Waals surface area (Å²) in [4.78, 5) is 40.0. The van der Waals surface area contributed by atoms with Crippen LogP contribution in [0.1, 0.15) is 29.4 Å². The molecular weight excluding hydrogens is 352 g/mol. The molecule has 0 spiro atoms. The van der Waals surface area contributed by atoms with Crippen molar-refractivity contribution in [2.75, 3.05) is 5.32 Å². The molecule has 0 saturated heterocycles. The molecule has 0 radical (unpaired) electrons. The van der Waals surface area contributed by atoms with Crippen LogP contribution in [0.15, 0.2) is 35.8 Å². The molecule has 126 valence electrons. The molecule has 0 aliphatic heterocycles. The van der Waals surface area contributed by atoms with Gasteiger partial charge in [-0.3, -0.25) is 14.4 Å². The standard InChI is InChI=1S/C16H15ClN2O4S/c1-10(16(22)19-14-6-4-11(17)9-18-14)23-15(21)7-5-12(20)13-3-2-8-24-13/h2-4,6,8-10H,5,7H2,1H3,(H,18,19,22)/t10-/m0/s1. The normalized spacial score (nSPS) is 11.6. The highest BCUT2D eigenvalue weighted by Gasteiger charge is 2.19. The highest BCUT2D eigenvalue weighted by molar-refractivity contribution is 7.12. The number of carbonyl (C=O) groups excluding carboxylic acids is 3. The summed E-state index contributed by atoms with van der Waals surface area (Å²) < 4.78 is 5.02. The van der Waals surface area contributed by atoms with Gasteiger partial charge in [0.1, 0.15) is 5.82 Å². The summed E-state index contributed by atoms with van der Waals surface area (Å²) in [5.74, 6) is -0.932. The Labute approximate surface area is 147 Å². The van der Waals surface area contributed by atoms with E-state index < -0.39 is 18.0 Å². The van der Waals surface area contributed by atoms with Gasteiger partial charge in [0.05, 0.1) is 16.3 Å². The minimum Gasteiger partial charge on any atom is -0.453 e. The molecule has 1 atom stereocenters. The van der Waals surface area contributed by atoms with Crippen LogP contribution in [-0.4, -0.2) is 28.7 Å². The molecule has 2 rings (SSSR count). The van der Waals surface area contributed by atoms with Crippen molar-refractivity contribution >= 4 is 46.4 Å². The highest BCUT2D eigenvalue weighted by Crippen LogP contribution is 2.13. The molecule has 6 nitrogen and oxygen atoms in total. The number of pyridine rings is 1. The van der Waals surface area contributed by atoms with E-state index in [0.29, 0.717) is 15.7 Å². The number of thiophene rings is 1. The fraction of sp³-hybridized carbons (Fsp3) is 0.250. The van der Waals surface area contributed by atoms with E-state index in [9.17, 15) is 14.4 Å². The van der Waals surface area contributed by atoms with Gasteiger partial charge in [0, 0.05) is 12.6 Å². The predicted octanol–water partition coefficient (Wildman–Crippen LogP) is 3.33. The van der Waals surface area contributed by atoms with Crippen LogP contribution in [-0.2, 0) is 14.3 Å². The largest absolute Gasteiger partial charge is 0.453 e. The molecule has 0 fully saturated rings. The van der Waals surface area contributed by atoms with E-state index in [1.54, 1.807) is 23.6 Å². The molecule has 1 amide bonds. The van der Waals surface area contributed by atoms with Gasteiger partial charge in [-0.05, 0) is 30.5 Å². The third kappa shape index (κ3) is 5.43. The SMILES string of the molecule is C[C@H](OC(=O)CCC(=O)c1cccs1)C(=O)Nc1ccc(Cl)cn1. The monoisotopic (exact) mass is 366 g/mol. The average molecular weight is 367 g/mol. The second-order valence-corrected chi connectivity index (χ2v) is 6.27. The average Bonchev–Trinajstić information content (AvgIpc) is 3.09. The van der Waals surface area contributed by atoms with Crippen LogP contribution in [0.2, 0.25) is 5.02 Å². The second-order valence-electron chi connectivity index (χ2n) is 4.88. The molecular formula is C16H15ClN2O4S. The number of carbonyl (C=O) groups is 3. The smallest absolute Gasteiger partial charge is 0.307 e. The zero-order chi connectivity index (χ0) is 17.5. The third-order valence-corrected chi connectivity index (χ3v) is 4.14. The van der Waals surface area contributed by atoms with E-state index in [2.05, 4.69) is 10.3 Å². The van der Waals surface area contributed by atoms with Crippen molar-refractivity contribution < 1.29 is 19.1 Å². The van der Waals surface area contributed by atoms with Crippen LogP contribution in [0, 0.1) is 0 Å². The Bertz CT molecular complexity index is 716.